The molecule has 0 aliphatic heterocycles. The van der Waals surface area contributed by atoms with E-state index >= 15 is 0 Å². The Bertz CT molecular complexity index is 1190. The van der Waals surface area contributed by atoms with E-state index in [2.05, 4.69) is 33.0 Å². The standard InChI is InChI=1S/C32H39ClN2O3/c1-5-6-20-34-31(37)28(21-24-14-8-7-9-15-24)35(22-25-16-10-12-18-27(25)33)30(36)23-38-29-19-13-11-17-26(29)32(2,3)4/h7-19,28H,5-6,20-23H2,1-4H3,(H,34,37). The molecule has 3 rings (SSSR count). The highest BCUT2D eigenvalue weighted by atomic mass is 35.5. The van der Waals surface area contributed by atoms with Crippen LogP contribution in [0.5, 0.6) is 5.75 Å². The molecule has 1 N–H and O–H groups in total. The zero-order valence-corrected chi connectivity index (χ0v) is 23.6. The van der Waals surface area contributed by atoms with Crippen molar-refractivity contribution < 1.29 is 14.3 Å². The summed E-state index contributed by atoms with van der Waals surface area (Å²) in [5.74, 6) is 0.205. The van der Waals surface area contributed by atoms with Crippen LogP contribution in [0.1, 0.15) is 57.2 Å². The molecule has 5 nitrogen and oxygen atoms in total. The molecule has 0 saturated carbocycles. The maximum absolute atomic E-state index is 13.8. The molecule has 6 heteroatoms. The van der Waals surface area contributed by atoms with E-state index in [-0.39, 0.29) is 30.4 Å². The molecule has 0 aliphatic rings. The molecule has 3 aromatic carbocycles. The van der Waals surface area contributed by atoms with Gasteiger partial charge in [-0.2, -0.15) is 0 Å². The first kappa shape index (κ1) is 29.2. The first-order valence-electron chi connectivity index (χ1n) is 13.3. The van der Waals surface area contributed by atoms with Crippen molar-refractivity contribution >= 4 is 23.4 Å². The lowest BCUT2D eigenvalue weighted by atomic mass is 9.86. The van der Waals surface area contributed by atoms with Crippen molar-refractivity contribution in [2.45, 2.75) is 65.0 Å². The lowest BCUT2D eigenvalue weighted by Crippen LogP contribution is -2.51. The summed E-state index contributed by atoms with van der Waals surface area (Å²) in [4.78, 5) is 29.0. The summed E-state index contributed by atoms with van der Waals surface area (Å²) in [5, 5.41) is 3.59. The van der Waals surface area contributed by atoms with Crippen molar-refractivity contribution in [3.63, 3.8) is 0 Å². The van der Waals surface area contributed by atoms with E-state index in [4.69, 9.17) is 16.3 Å². The van der Waals surface area contributed by atoms with Gasteiger partial charge in [0.15, 0.2) is 6.61 Å². The molecule has 38 heavy (non-hydrogen) atoms. The van der Waals surface area contributed by atoms with Gasteiger partial charge in [0.1, 0.15) is 11.8 Å². The Morgan fingerprint density at radius 2 is 1.61 bits per heavy atom. The second-order valence-electron chi connectivity index (χ2n) is 10.5. The fourth-order valence-corrected chi connectivity index (χ4v) is 4.50. The lowest BCUT2D eigenvalue weighted by molar-refractivity contribution is -0.142. The van der Waals surface area contributed by atoms with E-state index in [0.717, 1.165) is 29.5 Å². The molecule has 2 amide bonds. The van der Waals surface area contributed by atoms with Gasteiger partial charge >= 0.3 is 0 Å². The Labute approximate surface area is 232 Å². The van der Waals surface area contributed by atoms with E-state index in [1.54, 1.807) is 11.0 Å². The normalized spacial score (nSPS) is 12.0. The Kier molecular flexibility index (Phi) is 10.8. The van der Waals surface area contributed by atoms with Gasteiger partial charge < -0.3 is 15.0 Å². The SMILES string of the molecule is CCCCNC(=O)C(Cc1ccccc1)N(Cc1ccccc1Cl)C(=O)COc1ccccc1C(C)(C)C. The Morgan fingerprint density at radius 1 is 0.947 bits per heavy atom. The van der Waals surface area contributed by atoms with E-state index < -0.39 is 6.04 Å². The first-order valence-corrected chi connectivity index (χ1v) is 13.6. The Balaban J connectivity index is 1.93. The Morgan fingerprint density at radius 3 is 2.29 bits per heavy atom. The second kappa shape index (κ2) is 14.0. The summed E-state index contributed by atoms with van der Waals surface area (Å²) >= 11 is 6.49. The third-order valence-corrected chi connectivity index (χ3v) is 6.81. The van der Waals surface area contributed by atoms with Gasteiger partial charge in [-0.05, 0) is 40.7 Å². The number of amides is 2. The molecule has 0 aromatic heterocycles. The molecular weight excluding hydrogens is 496 g/mol. The molecule has 3 aromatic rings. The third kappa shape index (κ3) is 8.35. The number of carbonyl (C=O) groups is 2. The van der Waals surface area contributed by atoms with Crippen molar-refractivity contribution in [2.24, 2.45) is 0 Å². The van der Waals surface area contributed by atoms with Crippen molar-refractivity contribution in [3.05, 3.63) is 101 Å². The zero-order chi connectivity index (χ0) is 27.5. The summed E-state index contributed by atoms with van der Waals surface area (Å²) in [6, 6.07) is 24.2. The van der Waals surface area contributed by atoms with Crippen LogP contribution in [-0.4, -0.2) is 35.9 Å². The average Bonchev–Trinajstić information content (AvgIpc) is 2.90. The Hall–Kier alpha value is -3.31. The molecule has 0 heterocycles. The van der Waals surface area contributed by atoms with E-state index in [0.29, 0.717) is 23.7 Å². The van der Waals surface area contributed by atoms with Gasteiger partial charge in [-0.25, -0.2) is 0 Å². The van der Waals surface area contributed by atoms with Gasteiger partial charge in [-0.15, -0.1) is 0 Å². The molecule has 1 unspecified atom stereocenters. The van der Waals surface area contributed by atoms with Crippen LogP contribution in [0, 0.1) is 0 Å². The quantitative estimate of drug-likeness (QED) is 0.267. The number of carbonyl (C=O) groups excluding carboxylic acids is 2. The molecule has 0 fully saturated rings. The minimum Gasteiger partial charge on any atom is -0.483 e. The second-order valence-corrected chi connectivity index (χ2v) is 10.9. The number of benzene rings is 3. The number of para-hydroxylation sites is 1. The highest BCUT2D eigenvalue weighted by Crippen LogP contribution is 2.31. The van der Waals surface area contributed by atoms with Gasteiger partial charge in [0.25, 0.3) is 5.91 Å². The number of hydrogen-bond acceptors (Lipinski definition) is 3. The monoisotopic (exact) mass is 534 g/mol. The minimum atomic E-state index is -0.723. The van der Waals surface area contributed by atoms with Crippen LogP contribution in [0.2, 0.25) is 5.02 Å². The van der Waals surface area contributed by atoms with Gasteiger partial charge in [-0.1, -0.05) is 112 Å². The van der Waals surface area contributed by atoms with Crippen molar-refractivity contribution in [2.75, 3.05) is 13.2 Å². The fraction of sp³-hybridized carbons (Fsp3) is 0.375. The van der Waals surface area contributed by atoms with Crippen molar-refractivity contribution in [1.82, 2.24) is 10.2 Å². The van der Waals surface area contributed by atoms with E-state index in [9.17, 15) is 9.59 Å². The summed E-state index contributed by atoms with van der Waals surface area (Å²) in [5.41, 5.74) is 2.62. The molecule has 0 radical (unpaired) electrons. The molecule has 0 saturated heterocycles. The number of unbranched alkanes of at least 4 members (excludes halogenated alkanes) is 1. The highest BCUT2D eigenvalue weighted by molar-refractivity contribution is 6.31. The molecule has 0 aliphatic carbocycles. The van der Waals surface area contributed by atoms with Crippen LogP contribution >= 0.6 is 11.6 Å². The van der Waals surface area contributed by atoms with Gasteiger partial charge in [0.05, 0.1) is 0 Å². The summed E-state index contributed by atoms with van der Waals surface area (Å²) in [7, 11) is 0. The predicted octanol–water partition coefficient (Wildman–Crippen LogP) is 6.57. The van der Waals surface area contributed by atoms with Crippen LogP contribution in [-0.2, 0) is 28.0 Å². The lowest BCUT2D eigenvalue weighted by Gasteiger charge is -2.32. The molecule has 1 atom stereocenters. The van der Waals surface area contributed by atoms with Crippen LogP contribution in [0.25, 0.3) is 0 Å². The van der Waals surface area contributed by atoms with E-state index in [1.165, 1.54) is 0 Å². The number of nitrogens with one attached hydrogen (secondary N) is 1. The van der Waals surface area contributed by atoms with Crippen molar-refractivity contribution in [3.8, 4) is 5.75 Å². The molecule has 202 valence electrons. The highest BCUT2D eigenvalue weighted by Gasteiger charge is 2.31. The number of nitrogens with zero attached hydrogens (tertiary/aromatic N) is 1. The summed E-state index contributed by atoms with van der Waals surface area (Å²) in [6.07, 6.45) is 2.22. The number of hydrogen-bond donors (Lipinski definition) is 1. The minimum absolute atomic E-state index is 0.147. The predicted molar refractivity (Wildman–Crippen MR) is 154 cm³/mol. The number of halogens is 1. The smallest absolute Gasteiger partial charge is 0.261 e. The summed E-state index contributed by atoms with van der Waals surface area (Å²) < 4.78 is 6.10. The maximum Gasteiger partial charge on any atom is 0.261 e. The molecule has 0 spiro atoms. The van der Waals surface area contributed by atoms with Crippen LogP contribution in [0.3, 0.4) is 0 Å². The molecule has 0 bridgehead atoms. The van der Waals surface area contributed by atoms with Gasteiger partial charge in [0, 0.05) is 24.5 Å². The number of rotatable bonds is 12. The first-order chi connectivity index (χ1) is 18.2. The fourth-order valence-electron chi connectivity index (χ4n) is 4.30. The van der Waals surface area contributed by atoms with Crippen LogP contribution in [0.15, 0.2) is 78.9 Å². The zero-order valence-electron chi connectivity index (χ0n) is 22.9. The average molecular weight is 535 g/mol. The third-order valence-electron chi connectivity index (χ3n) is 6.45. The topological polar surface area (TPSA) is 58.6 Å². The van der Waals surface area contributed by atoms with Crippen molar-refractivity contribution in [1.29, 1.82) is 0 Å². The van der Waals surface area contributed by atoms with Crippen LogP contribution in [0.4, 0.5) is 0 Å². The maximum atomic E-state index is 13.8. The summed E-state index contributed by atoms with van der Waals surface area (Å²) in [6.45, 7) is 8.97. The number of ether oxygens (including phenoxy) is 1. The van der Waals surface area contributed by atoms with Crippen LogP contribution < -0.4 is 10.1 Å². The van der Waals surface area contributed by atoms with Gasteiger partial charge in [-0.3, -0.25) is 9.59 Å². The van der Waals surface area contributed by atoms with E-state index in [1.807, 2.05) is 72.8 Å². The molecular formula is C32H39ClN2O3. The largest absolute Gasteiger partial charge is 0.483 e. The van der Waals surface area contributed by atoms with Gasteiger partial charge in [0.2, 0.25) is 5.91 Å².